The SMILES string of the molecule is O=[N+]([O-])c1cc(CCl)ccc1OCc1cccc(Cl)c1. The fourth-order valence-corrected chi connectivity index (χ4v) is 2.08. The molecule has 0 spiro atoms. The van der Waals surface area contributed by atoms with E-state index in [1.807, 2.05) is 6.07 Å². The summed E-state index contributed by atoms with van der Waals surface area (Å²) in [4.78, 5) is 10.5. The van der Waals surface area contributed by atoms with E-state index >= 15 is 0 Å². The third kappa shape index (κ3) is 3.62. The van der Waals surface area contributed by atoms with Gasteiger partial charge < -0.3 is 4.74 Å². The molecule has 0 aromatic heterocycles. The maximum atomic E-state index is 11.0. The molecule has 0 N–H and O–H groups in total. The van der Waals surface area contributed by atoms with Crippen LogP contribution in [0.5, 0.6) is 5.75 Å². The minimum absolute atomic E-state index is 0.0924. The van der Waals surface area contributed by atoms with Gasteiger partial charge in [0.1, 0.15) is 6.61 Å². The second kappa shape index (κ2) is 6.59. The molecule has 0 amide bonds. The molecule has 20 heavy (non-hydrogen) atoms. The van der Waals surface area contributed by atoms with Crippen molar-refractivity contribution < 1.29 is 9.66 Å². The summed E-state index contributed by atoms with van der Waals surface area (Å²) in [5.74, 6) is 0.430. The number of halogens is 2. The molecule has 0 saturated heterocycles. The van der Waals surface area contributed by atoms with Gasteiger partial charge in [0.25, 0.3) is 0 Å². The first-order chi connectivity index (χ1) is 9.60. The molecule has 104 valence electrons. The zero-order valence-corrected chi connectivity index (χ0v) is 11.9. The summed E-state index contributed by atoms with van der Waals surface area (Å²) in [6.45, 7) is 0.210. The predicted molar refractivity (Wildman–Crippen MR) is 78.4 cm³/mol. The van der Waals surface area contributed by atoms with E-state index in [2.05, 4.69) is 0 Å². The Hall–Kier alpha value is -1.78. The largest absolute Gasteiger partial charge is 0.482 e. The normalized spacial score (nSPS) is 10.3. The van der Waals surface area contributed by atoms with Gasteiger partial charge >= 0.3 is 5.69 Å². The summed E-state index contributed by atoms with van der Waals surface area (Å²) in [6, 6.07) is 11.8. The summed E-state index contributed by atoms with van der Waals surface area (Å²) in [5.41, 5.74) is 1.42. The Bertz CT molecular complexity index is 632. The Morgan fingerprint density at radius 1 is 1.15 bits per heavy atom. The second-order valence-electron chi connectivity index (χ2n) is 4.11. The van der Waals surface area contributed by atoms with Gasteiger partial charge in [0.05, 0.1) is 4.92 Å². The Kier molecular flexibility index (Phi) is 4.82. The van der Waals surface area contributed by atoms with Crippen molar-refractivity contribution in [2.75, 3.05) is 0 Å². The fraction of sp³-hybridized carbons (Fsp3) is 0.143. The van der Waals surface area contributed by atoms with Crippen molar-refractivity contribution in [3.8, 4) is 5.75 Å². The van der Waals surface area contributed by atoms with Gasteiger partial charge in [0, 0.05) is 17.0 Å². The van der Waals surface area contributed by atoms with Crippen LogP contribution in [0.15, 0.2) is 42.5 Å². The van der Waals surface area contributed by atoms with Crippen LogP contribution in [0.3, 0.4) is 0 Å². The predicted octanol–water partition coefficient (Wildman–Crippen LogP) is 4.57. The molecule has 2 aromatic carbocycles. The van der Waals surface area contributed by atoms with Crippen molar-refractivity contribution >= 4 is 28.9 Å². The van der Waals surface area contributed by atoms with Crippen LogP contribution in [0.25, 0.3) is 0 Å². The van der Waals surface area contributed by atoms with Crippen LogP contribution in [0.4, 0.5) is 5.69 Å². The molecule has 0 heterocycles. The summed E-state index contributed by atoms with van der Waals surface area (Å²) in [7, 11) is 0. The fourth-order valence-electron chi connectivity index (χ4n) is 1.70. The van der Waals surface area contributed by atoms with E-state index < -0.39 is 4.92 Å². The highest BCUT2D eigenvalue weighted by Crippen LogP contribution is 2.29. The summed E-state index contributed by atoms with van der Waals surface area (Å²) in [6.07, 6.45) is 0. The van der Waals surface area contributed by atoms with E-state index in [-0.39, 0.29) is 23.9 Å². The number of nitro groups is 1. The number of hydrogen-bond donors (Lipinski definition) is 0. The van der Waals surface area contributed by atoms with Crippen LogP contribution >= 0.6 is 23.2 Å². The number of nitro benzene ring substituents is 1. The first kappa shape index (κ1) is 14.6. The van der Waals surface area contributed by atoms with E-state index in [9.17, 15) is 10.1 Å². The molecule has 0 radical (unpaired) electrons. The summed E-state index contributed by atoms with van der Waals surface area (Å²) >= 11 is 11.5. The molecule has 0 unspecified atom stereocenters. The Morgan fingerprint density at radius 3 is 2.60 bits per heavy atom. The Balaban J connectivity index is 2.18. The average Bonchev–Trinajstić information content (AvgIpc) is 2.45. The van der Waals surface area contributed by atoms with Crippen LogP contribution in [0.1, 0.15) is 11.1 Å². The molecule has 0 aliphatic rings. The van der Waals surface area contributed by atoms with Gasteiger partial charge in [-0.3, -0.25) is 10.1 Å². The van der Waals surface area contributed by atoms with Crippen molar-refractivity contribution in [1.29, 1.82) is 0 Å². The van der Waals surface area contributed by atoms with Crippen molar-refractivity contribution in [3.05, 3.63) is 68.7 Å². The molecule has 4 nitrogen and oxygen atoms in total. The highest BCUT2D eigenvalue weighted by Gasteiger charge is 2.15. The van der Waals surface area contributed by atoms with E-state index in [0.29, 0.717) is 10.6 Å². The van der Waals surface area contributed by atoms with Gasteiger partial charge in [-0.25, -0.2) is 0 Å². The number of nitrogens with zero attached hydrogens (tertiary/aromatic N) is 1. The van der Waals surface area contributed by atoms with Crippen molar-refractivity contribution in [3.63, 3.8) is 0 Å². The number of alkyl halides is 1. The van der Waals surface area contributed by atoms with Crippen molar-refractivity contribution in [1.82, 2.24) is 0 Å². The van der Waals surface area contributed by atoms with Gasteiger partial charge in [0.2, 0.25) is 0 Å². The standard InChI is InChI=1S/C14H11Cl2NO3/c15-8-10-4-5-14(13(7-10)17(18)19)20-9-11-2-1-3-12(16)6-11/h1-7H,8-9H2. The number of benzene rings is 2. The molecule has 0 bridgehead atoms. The quantitative estimate of drug-likeness (QED) is 0.462. The van der Waals surface area contributed by atoms with Crippen LogP contribution in [0, 0.1) is 10.1 Å². The lowest BCUT2D eigenvalue weighted by atomic mass is 10.2. The lowest BCUT2D eigenvalue weighted by molar-refractivity contribution is -0.386. The summed E-state index contributed by atoms with van der Waals surface area (Å²) in [5, 5.41) is 11.6. The van der Waals surface area contributed by atoms with Gasteiger partial charge in [-0.1, -0.05) is 29.8 Å². The van der Waals surface area contributed by atoms with E-state index in [0.717, 1.165) is 5.56 Å². The molecule has 0 atom stereocenters. The number of ether oxygens (including phenoxy) is 1. The Labute approximate surface area is 126 Å². The van der Waals surface area contributed by atoms with Gasteiger partial charge in [-0.2, -0.15) is 0 Å². The van der Waals surface area contributed by atoms with E-state index in [4.69, 9.17) is 27.9 Å². The summed E-state index contributed by atoms with van der Waals surface area (Å²) < 4.78 is 5.50. The molecular weight excluding hydrogens is 301 g/mol. The minimum Gasteiger partial charge on any atom is -0.482 e. The van der Waals surface area contributed by atoms with Crippen LogP contribution in [-0.4, -0.2) is 4.92 Å². The molecule has 0 aliphatic heterocycles. The first-order valence-corrected chi connectivity index (χ1v) is 6.72. The molecule has 6 heteroatoms. The third-order valence-electron chi connectivity index (χ3n) is 2.66. The molecule has 0 fully saturated rings. The highest BCUT2D eigenvalue weighted by atomic mass is 35.5. The van der Waals surface area contributed by atoms with Crippen LogP contribution in [-0.2, 0) is 12.5 Å². The topological polar surface area (TPSA) is 52.4 Å². The number of rotatable bonds is 5. The monoisotopic (exact) mass is 311 g/mol. The second-order valence-corrected chi connectivity index (χ2v) is 4.82. The molecule has 2 rings (SSSR count). The lowest BCUT2D eigenvalue weighted by Gasteiger charge is -2.08. The van der Waals surface area contributed by atoms with Gasteiger partial charge in [0.15, 0.2) is 5.75 Å². The molecule has 0 saturated carbocycles. The smallest absolute Gasteiger partial charge is 0.311 e. The zero-order chi connectivity index (χ0) is 14.5. The molecule has 2 aromatic rings. The lowest BCUT2D eigenvalue weighted by Crippen LogP contribution is -1.99. The maximum absolute atomic E-state index is 11.0. The minimum atomic E-state index is -0.483. The van der Waals surface area contributed by atoms with E-state index in [1.54, 1.807) is 30.3 Å². The van der Waals surface area contributed by atoms with Crippen molar-refractivity contribution in [2.45, 2.75) is 12.5 Å². The highest BCUT2D eigenvalue weighted by molar-refractivity contribution is 6.30. The van der Waals surface area contributed by atoms with Crippen molar-refractivity contribution in [2.24, 2.45) is 0 Å². The first-order valence-electron chi connectivity index (χ1n) is 5.80. The van der Waals surface area contributed by atoms with Gasteiger partial charge in [-0.15, -0.1) is 11.6 Å². The maximum Gasteiger partial charge on any atom is 0.311 e. The van der Waals surface area contributed by atoms with E-state index in [1.165, 1.54) is 6.07 Å². The zero-order valence-electron chi connectivity index (χ0n) is 10.4. The van der Waals surface area contributed by atoms with Gasteiger partial charge in [-0.05, 0) is 29.3 Å². The van der Waals surface area contributed by atoms with Crippen LogP contribution < -0.4 is 4.74 Å². The third-order valence-corrected chi connectivity index (χ3v) is 3.20. The molecular formula is C14H11Cl2NO3. The van der Waals surface area contributed by atoms with Crippen LogP contribution in [0.2, 0.25) is 5.02 Å². The Morgan fingerprint density at radius 2 is 1.95 bits per heavy atom. The number of hydrogen-bond acceptors (Lipinski definition) is 3. The molecule has 0 aliphatic carbocycles. The average molecular weight is 312 g/mol.